The van der Waals surface area contributed by atoms with E-state index < -0.39 is 0 Å². The predicted molar refractivity (Wildman–Crippen MR) is 82.1 cm³/mol. The Labute approximate surface area is 126 Å². The first kappa shape index (κ1) is 14.9. The summed E-state index contributed by atoms with van der Waals surface area (Å²) in [4.78, 5) is 8.77. The van der Waals surface area contributed by atoms with E-state index in [0.717, 1.165) is 5.69 Å². The molecule has 0 atom stereocenters. The van der Waals surface area contributed by atoms with Crippen molar-refractivity contribution in [2.45, 2.75) is 32.6 Å². The van der Waals surface area contributed by atoms with Gasteiger partial charge in [-0.3, -0.25) is 0 Å². The van der Waals surface area contributed by atoms with Gasteiger partial charge in [0.2, 0.25) is 0 Å². The highest BCUT2D eigenvalue weighted by Crippen LogP contribution is 2.31. The van der Waals surface area contributed by atoms with Crippen molar-refractivity contribution in [2.24, 2.45) is 0 Å². The van der Waals surface area contributed by atoms with Crippen molar-refractivity contribution in [2.75, 3.05) is 5.73 Å². The largest absolute Gasteiger partial charge is 0.383 e. The van der Waals surface area contributed by atoms with Crippen LogP contribution in [0.4, 0.5) is 10.2 Å². The fourth-order valence-corrected chi connectivity index (χ4v) is 2.67. The van der Waals surface area contributed by atoms with Crippen LogP contribution >= 0.6 is 15.9 Å². The first-order valence-corrected chi connectivity index (χ1v) is 7.14. The summed E-state index contributed by atoms with van der Waals surface area (Å²) in [7, 11) is 0. The fourth-order valence-electron chi connectivity index (χ4n) is 1.90. The molecule has 0 fully saturated rings. The molecule has 1 aromatic heterocycles. The van der Waals surface area contributed by atoms with Crippen molar-refractivity contribution in [1.29, 1.82) is 0 Å². The number of nitrogens with zero attached hydrogens (tertiary/aromatic N) is 2. The fraction of sp³-hybridized carbons (Fsp3) is 0.333. The molecule has 1 heterocycles. The van der Waals surface area contributed by atoms with E-state index in [0.29, 0.717) is 28.1 Å². The molecule has 2 aromatic rings. The number of hydrogen-bond donors (Lipinski definition) is 1. The third-order valence-corrected chi connectivity index (χ3v) is 3.72. The van der Waals surface area contributed by atoms with Gasteiger partial charge in [0.05, 0.1) is 10.2 Å². The normalized spacial score (nSPS) is 11.7. The van der Waals surface area contributed by atoms with E-state index in [2.05, 4.69) is 25.9 Å². The standard InChI is InChI=1S/C15H17BrFN3/c1-15(2,3)13-12(16)14(18)20-11(19-13)8-9-6-4-5-7-10(9)17/h4-7H,8H2,1-3H3,(H2,18,19,20). The minimum absolute atomic E-state index is 0.167. The molecule has 1 aromatic carbocycles. The van der Waals surface area contributed by atoms with Crippen LogP contribution in [0.2, 0.25) is 0 Å². The van der Waals surface area contributed by atoms with Gasteiger partial charge >= 0.3 is 0 Å². The maximum atomic E-state index is 13.7. The molecule has 0 unspecified atom stereocenters. The summed E-state index contributed by atoms with van der Waals surface area (Å²) < 4.78 is 14.4. The quantitative estimate of drug-likeness (QED) is 0.905. The van der Waals surface area contributed by atoms with Gasteiger partial charge in [0.25, 0.3) is 0 Å². The lowest BCUT2D eigenvalue weighted by Gasteiger charge is -2.21. The summed E-state index contributed by atoms with van der Waals surface area (Å²) in [5.74, 6) is 0.659. The van der Waals surface area contributed by atoms with Crippen LogP contribution in [0.25, 0.3) is 0 Å². The molecular formula is C15H17BrFN3. The lowest BCUT2D eigenvalue weighted by molar-refractivity contribution is 0.558. The lowest BCUT2D eigenvalue weighted by atomic mass is 9.91. The lowest BCUT2D eigenvalue weighted by Crippen LogP contribution is -2.18. The van der Waals surface area contributed by atoms with E-state index >= 15 is 0 Å². The van der Waals surface area contributed by atoms with Gasteiger partial charge in [-0.25, -0.2) is 14.4 Å². The van der Waals surface area contributed by atoms with Crippen LogP contribution in [0, 0.1) is 5.82 Å². The number of nitrogens with two attached hydrogens (primary N) is 1. The Kier molecular flexibility index (Phi) is 4.09. The molecule has 0 aliphatic heterocycles. The van der Waals surface area contributed by atoms with Crippen LogP contribution in [0.5, 0.6) is 0 Å². The number of rotatable bonds is 2. The second-order valence-corrected chi connectivity index (χ2v) is 6.50. The van der Waals surface area contributed by atoms with Gasteiger partial charge < -0.3 is 5.73 Å². The zero-order chi connectivity index (χ0) is 14.9. The topological polar surface area (TPSA) is 51.8 Å². The third-order valence-electron chi connectivity index (χ3n) is 2.94. The first-order chi connectivity index (χ1) is 9.29. The number of anilines is 1. The van der Waals surface area contributed by atoms with Crippen LogP contribution in [-0.4, -0.2) is 9.97 Å². The van der Waals surface area contributed by atoms with Crippen molar-refractivity contribution >= 4 is 21.7 Å². The van der Waals surface area contributed by atoms with E-state index in [4.69, 9.17) is 5.73 Å². The van der Waals surface area contributed by atoms with Gasteiger partial charge in [-0.1, -0.05) is 39.0 Å². The zero-order valence-corrected chi connectivity index (χ0v) is 13.3. The molecule has 106 valence electrons. The van der Waals surface area contributed by atoms with Gasteiger partial charge in [0.15, 0.2) is 0 Å². The monoisotopic (exact) mass is 337 g/mol. The molecule has 0 saturated heterocycles. The summed E-state index contributed by atoms with van der Waals surface area (Å²) >= 11 is 3.43. The van der Waals surface area contributed by atoms with Gasteiger partial charge in [-0.05, 0) is 27.6 Å². The van der Waals surface area contributed by atoms with Crippen molar-refractivity contribution in [1.82, 2.24) is 9.97 Å². The number of hydrogen-bond acceptors (Lipinski definition) is 3. The Morgan fingerprint density at radius 2 is 1.85 bits per heavy atom. The highest BCUT2D eigenvalue weighted by molar-refractivity contribution is 9.10. The maximum Gasteiger partial charge on any atom is 0.141 e. The second kappa shape index (κ2) is 5.48. The SMILES string of the molecule is CC(C)(C)c1nc(Cc2ccccc2F)nc(N)c1Br. The Morgan fingerprint density at radius 3 is 2.45 bits per heavy atom. The van der Waals surface area contributed by atoms with E-state index in [1.54, 1.807) is 18.2 Å². The molecular weight excluding hydrogens is 321 g/mol. The van der Waals surface area contributed by atoms with Gasteiger partial charge in [-0.2, -0.15) is 0 Å². The molecule has 0 spiro atoms. The van der Waals surface area contributed by atoms with Crippen molar-refractivity contribution in [3.8, 4) is 0 Å². The van der Waals surface area contributed by atoms with E-state index in [9.17, 15) is 4.39 Å². The van der Waals surface area contributed by atoms with Gasteiger partial charge in [0, 0.05) is 11.8 Å². The molecule has 0 bridgehead atoms. The molecule has 0 aliphatic carbocycles. The number of halogens is 2. The molecule has 3 nitrogen and oxygen atoms in total. The molecule has 2 N–H and O–H groups in total. The van der Waals surface area contributed by atoms with Crippen LogP contribution in [0.1, 0.15) is 37.9 Å². The minimum Gasteiger partial charge on any atom is -0.383 e. The molecule has 0 saturated carbocycles. The molecule has 0 radical (unpaired) electrons. The Morgan fingerprint density at radius 1 is 1.20 bits per heavy atom. The average Bonchev–Trinajstić information content (AvgIpc) is 2.35. The zero-order valence-electron chi connectivity index (χ0n) is 11.7. The predicted octanol–water partition coefficient (Wildman–Crippen LogP) is 3.85. The maximum absolute atomic E-state index is 13.7. The van der Waals surface area contributed by atoms with Crippen molar-refractivity contribution in [3.63, 3.8) is 0 Å². The van der Waals surface area contributed by atoms with Crippen molar-refractivity contribution < 1.29 is 4.39 Å². The Hall–Kier alpha value is -1.49. The highest BCUT2D eigenvalue weighted by Gasteiger charge is 2.22. The Bertz CT molecular complexity index is 636. The first-order valence-electron chi connectivity index (χ1n) is 6.35. The van der Waals surface area contributed by atoms with E-state index in [-0.39, 0.29) is 11.2 Å². The molecule has 0 aliphatic rings. The molecule has 2 rings (SSSR count). The average molecular weight is 338 g/mol. The molecule has 20 heavy (non-hydrogen) atoms. The minimum atomic E-state index is -0.255. The molecule has 5 heteroatoms. The number of benzene rings is 1. The summed E-state index contributed by atoms with van der Waals surface area (Å²) in [5, 5.41) is 0. The number of aromatic nitrogens is 2. The summed E-state index contributed by atoms with van der Waals surface area (Å²) in [6.45, 7) is 6.14. The van der Waals surface area contributed by atoms with Crippen LogP contribution < -0.4 is 5.73 Å². The summed E-state index contributed by atoms with van der Waals surface area (Å²) in [6, 6.07) is 6.62. The van der Waals surface area contributed by atoms with E-state index in [1.807, 2.05) is 20.8 Å². The van der Waals surface area contributed by atoms with Gasteiger partial charge in [0.1, 0.15) is 17.5 Å². The second-order valence-electron chi connectivity index (χ2n) is 5.71. The van der Waals surface area contributed by atoms with Crippen LogP contribution in [0.3, 0.4) is 0 Å². The van der Waals surface area contributed by atoms with Crippen LogP contribution in [0.15, 0.2) is 28.7 Å². The number of nitrogen functional groups attached to an aromatic ring is 1. The van der Waals surface area contributed by atoms with Crippen LogP contribution in [-0.2, 0) is 11.8 Å². The summed E-state index contributed by atoms with van der Waals surface area (Å²) in [5.41, 5.74) is 7.15. The van der Waals surface area contributed by atoms with Crippen molar-refractivity contribution in [3.05, 3.63) is 51.6 Å². The van der Waals surface area contributed by atoms with Gasteiger partial charge in [-0.15, -0.1) is 0 Å². The smallest absolute Gasteiger partial charge is 0.141 e. The summed E-state index contributed by atoms with van der Waals surface area (Å²) in [6.07, 6.45) is 0.327. The third kappa shape index (κ3) is 3.15. The van der Waals surface area contributed by atoms with E-state index in [1.165, 1.54) is 6.07 Å². The Balaban J connectivity index is 2.44. The highest BCUT2D eigenvalue weighted by atomic mass is 79.9. The molecule has 0 amide bonds.